The number of hydrogen-bond donors (Lipinski definition) is 15. The highest BCUT2D eigenvalue weighted by Crippen LogP contribution is 2.24. The van der Waals surface area contributed by atoms with Crippen LogP contribution in [0.25, 0.3) is 0 Å². The van der Waals surface area contributed by atoms with Crippen molar-refractivity contribution in [3.05, 3.63) is 71.8 Å². The molecule has 2 saturated heterocycles. The lowest BCUT2D eigenvalue weighted by Crippen LogP contribution is -2.59. The SMILES string of the molecule is CSCC[C@H](NC(=O)[C@H](CC(C)C)NC(=O)CNC(=O)[C@H](Cc1ccccc1)NC(=O)[C@@H](CNC(=O)[C@H](CCC(N)=O)NC(=O)[C@H](CCC(N)=O)NC(=O)[C@@H]1CCCN1C(=O)[C@H](CCCCN)NC(=O)[C@@H]1CCCN1C(=O)[C@@H](N)CCCN=C(N)N)Cc1ccccc1)C(N)=O. The summed E-state index contributed by atoms with van der Waals surface area (Å²) in [6.45, 7) is 3.54. The van der Waals surface area contributed by atoms with E-state index in [9.17, 15) is 62.3 Å². The zero-order valence-corrected chi connectivity index (χ0v) is 56.0. The van der Waals surface area contributed by atoms with Crippen LogP contribution in [0.2, 0.25) is 0 Å². The van der Waals surface area contributed by atoms with E-state index in [4.69, 9.17) is 40.1 Å². The number of unbranched alkanes of at least 4 members (excludes halogenated alkanes) is 1. The number of thioether (sulfide) groups is 1. The molecule has 0 aromatic heterocycles. The third-order valence-corrected chi connectivity index (χ3v) is 17.0. The molecule has 96 heavy (non-hydrogen) atoms. The van der Waals surface area contributed by atoms with Crippen molar-refractivity contribution < 1.29 is 62.3 Å². The molecule has 2 aliphatic heterocycles. The van der Waals surface area contributed by atoms with Gasteiger partial charge in [-0.05, 0) is 125 Å². The number of nitrogens with one attached hydrogen (secondary N) is 8. The van der Waals surface area contributed by atoms with Crippen LogP contribution in [0.3, 0.4) is 0 Å². The van der Waals surface area contributed by atoms with Crippen LogP contribution >= 0.6 is 11.8 Å². The van der Waals surface area contributed by atoms with Crippen molar-refractivity contribution in [1.82, 2.24) is 52.3 Å². The van der Waals surface area contributed by atoms with Crippen LogP contribution in [-0.4, -0.2) is 198 Å². The van der Waals surface area contributed by atoms with Crippen LogP contribution in [0.5, 0.6) is 0 Å². The summed E-state index contributed by atoms with van der Waals surface area (Å²) in [5.41, 5.74) is 40.8. The lowest BCUT2D eigenvalue weighted by atomic mass is 9.96. The van der Waals surface area contributed by atoms with Gasteiger partial charge in [0.25, 0.3) is 0 Å². The average Bonchev–Trinajstić information content (AvgIpc) is 1.63. The summed E-state index contributed by atoms with van der Waals surface area (Å²) in [5, 5.41) is 21.3. The highest BCUT2D eigenvalue weighted by molar-refractivity contribution is 7.98. The van der Waals surface area contributed by atoms with Crippen molar-refractivity contribution in [2.45, 2.75) is 177 Å². The molecule has 2 fully saturated rings. The number of aliphatic imine (C=N–C) groups is 1. The molecule has 0 radical (unpaired) electrons. The van der Waals surface area contributed by atoms with Gasteiger partial charge in [-0.25, -0.2) is 0 Å². The van der Waals surface area contributed by atoms with Gasteiger partial charge in [-0.3, -0.25) is 67.3 Å². The number of amides is 13. The number of benzene rings is 2. The molecule has 2 aromatic rings. The molecule has 0 aliphatic carbocycles. The van der Waals surface area contributed by atoms with Crippen LogP contribution in [0.4, 0.5) is 0 Å². The Kier molecular flexibility index (Phi) is 34.6. The van der Waals surface area contributed by atoms with E-state index >= 15 is 0 Å². The van der Waals surface area contributed by atoms with E-state index in [1.165, 1.54) is 21.6 Å². The first kappa shape index (κ1) is 79.5. The van der Waals surface area contributed by atoms with Gasteiger partial charge in [0.05, 0.1) is 18.5 Å². The minimum atomic E-state index is -1.55. The van der Waals surface area contributed by atoms with E-state index in [-0.39, 0.29) is 89.3 Å². The lowest BCUT2D eigenvalue weighted by molar-refractivity contribution is -0.144. The summed E-state index contributed by atoms with van der Waals surface area (Å²) >= 11 is 1.46. The normalized spacial score (nSPS) is 16.8. The van der Waals surface area contributed by atoms with Gasteiger partial charge >= 0.3 is 0 Å². The molecule has 2 aliphatic rings. The Morgan fingerprint density at radius 2 is 1.07 bits per heavy atom. The van der Waals surface area contributed by atoms with Crippen molar-refractivity contribution in [2.24, 2.45) is 57.0 Å². The molecule has 22 N–H and O–H groups in total. The first-order chi connectivity index (χ1) is 45.7. The molecule has 2 heterocycles. The van der Waals surface area contributed by atoms with E-state index in [0.717, 1.165) is 0 Å². The summed E-state index contributed by atoms with van der Waals surface area (Å²) in [4.78, 5) is 184. The van der Waals surface area contributed by atoms with E-state index in [0.29, 0.717) is 61.9 Å². The van der Waals surface area contributed by atoms with E-state index < -0.39 is 163 Å². The van der Waals surface area contributed by atoms with E-state index in [2.05, 4.69) is 47.5 Å². The largest absolute Gasteiger partial charge is 0.370 e. The third-order valence-electron chi connectivity index (χ3n) is 16.3. The fourth-order valence-electron chi connectivity index (χ4n) is 11.2. The molecule has 31 nitrogen and oxygen atoms in total. The lowest BCUT2D eigenvalue weighted by Gasteiger charge is -2.32. The second kappa shape index (κ2) is 41.8. The summed E-state index contributed by atoms with van der Waals surface area (Å²) < 4.78 is 0. The second-order valence-corrected chi connectivity index (χ2v) is 25.5. The number of guanidine groups is 1. The number of primary amides is 3. The van der Waals surface area contributed by atoms with Crippen molar-refractivity contribution >= 4 is 94.5 Å². The van der Waals surface area contributed by atoms with Crippen LogP contribution in [0, 0.1) is 11.8 Å². The topological polar surface area (TPSA) is 519 Å². The summed E-state index contributed by atoms with van der Waals surface area (Å²) in [7, 11) is 0. The first-order valence-corrected chi connectivity index (χ1v) is 34.0. The Balaban J connectivity index is 1.53. The van der Waals surface area contributed by atoms with Crippen LogP contribution < -0.4 is 82.7 Å². The third kappa shape index (κ3) is 27.8. The smallest absolute Gasteiger partial charge is 0.245 e. The molecule has 13 amide bonds. The van der Waals surface area contributed by atoms with E-state index in [1.54, 1.807) is 60.7 Å². The van der Waals surface area contributed by atoms with Crippen molar-refractivity contribution in [3.63, 3.8) is 0 Å². The number of nitrogens with zero attached hydrogens (tertiary/aromatic N) is 3. The number of hydrogen-bond acceptors (Lipinski definition) is 17. The number of carbonyl (C=O) groups excluding carboxylic acids is 13. The van der Waals surface area contributed by atoms with Gasteiger partial charge in [0, 0.05) is 45.4 Å². The molecule has 530 valence electrons. The van der Waals surface area contributed by atoms with Crippen LogP contribution in [0.1, 0.15) is 121 Å². The van der Waals surface area contributed by atoms with Gasteiger partial charge in [0.2, 0.25) is 76.8 Å². The molecule has 0 bridgehead atoms. The Morgan fingerprint density at radius 3 is 1.61 bits per heavy atom. The maximum Gasteiger partial charge on any atom is 0.245 e. The Labute approximate surface area is 564 Å². The number of carbonyl (C=O) groups is 13. The summed E-state index contributed by atoms with van der Waals surface area (Å²) in [5.74, 6) is -10.4. The zero-order chi connectivity index (χ0) is 70.9. The molecule has 2 aromatic carbocycles. The molecular formula is C64H100N18O13S. The maximum absolute atomic E-state index is 14.6. The highest BCUT2D eigenvalue weighted by atomic mass is 32.2. The van der Waals surface area contributed by atoms with Gasteiger partial charge in [-0.1, -0.05) is 74.5 Å². The van der Waals surface area contributed by atoms with Crippen molar-refractivity contribution in [1.29, 1.82) is 0 Å². The predicted octanol–water partition coefficient (Wildman–Crippen LogP) is -3.46. The standard InChI is InChI=1S/C64H100N18O13S/c1-38(2)33-47(59(91)76-43(54(69)86)27-32-96-3)75-53(85)37-74-57(89)48(35-40-17-8-5-9-18-40)80-55(87)41(34-39-15-6-4-7-16-39)36-73-56(88)44(23-25-51(67)83)77-58(90)45(24-26-52(68)84)78-60(92)50-22-14-31-82(50)63(95)46(20-10-11-28-65)79-61(93)49-21-13-30-81(49)62(94)42(66)19-12-29-72-64(70)71/h4-9,15-18,38,41-50H,10-14,19-37,65-66H2,1-3H3,(H2,67,83)(H2,68,84)(H2,69,86)(H,73,88)(H,74,89)(H,75,85)(H,76,91)(H,77,90)(H,78,92)(H,79,93)(H,80,87)(H4,70,71,72)/t41-,42+,43+,44+,45+,46+,47+,48+,49+,50+/m1/s1. The van der Waals surface area contributed by atoms with Crippen LogP contribution in [-0.2, 0) is 75.2 Å². The van der Waals surface area contributed by atoms with Crippen LogP contribution in [0.15, 0.2) is 65.7 Å². The Bertz CT molecular complexity index is 2980. The minimum absolute atomic E-state index is 0.00297. The van der Waals surface area contributed by atoms with Gasteiger partial charge in [-0.2, -0.15) is 11.8 Å². The number of likely N-dealkylation sites (tertiary alicyclic amines) is 2. The van der Waals surface area contributed by atoms with Gasteiger partial charge in [-0.15, -0.1) is 0 Å². The van der Waals surface area contributed by atoms with E-state index in [1.807, 2.05) is 20.1 Å². The summed E-state index contributed by atoms with van der Waals surface area (Å²) in [6.07, 6.45) is 3.63. The maximum atomic E-state index is 14.6. The molecule has 4 rings (SSSR count). The van der Waals surface area contributed by atoms with Gasteiger partial charge in [0.1, 0.15) is 48.3 Å². The van der Waals surface area contributed by atoms with Gasteiger partial charge in [0.15, 0.2) is 5.96 Å². The number of rotatable bonds is 43. The summed E-state index contributed by atoms with van der Waals surface area (Å²) in [6, 6.07) is 6.71. The van der Waals surface area contributed by atoms with Crippen molar-refractivity contribution in [2.75, 3.05) is 51.3 Å². The predicted molar refractivity (Wildman–Crippen MR) is 360 cm³/mol. The fourth-order valence-corrected chi connectivity index (χ4v) is 11.7. The quantitative estimate of drug-likeness (QED) is 0.0174. The molecule has 10 atom stereocenters. The molecule has 0 saturated carbocycles. The monoisotopic (exact) mass is 1360 g/mol. The first-order valence-electron chi connectivity index (χ1n) is 32.6. The highest BCUT2D eigenvalue weighted by Gasteiger charge is 2.42. The van der Waals surface area contributed by atoms with Crippen molar-refractivity contribution in [3.8, 4) is 0 Å². The molecular weight excluding hydrogens is 1260 g/mol. The minimum Gasteiger partial charge on any atom is -0.370 e. The Hall–Kier alpha value is -8.91. The second-order valence-electron chi connectivity index (χ2n) is 24.5. The van der Waals surface area contributed by atoms with Gasteiger partial charge < -0.3 is 92.5 Å². The molecule has 0 spiro atoms. The molecule has 32 heteroatoms. The zero-order valence-electron chi connectivity index (χ0n) is 55.2. The average molecular weight is 1360 g/mol. The number of nitrogens with two attached hydrogens (primary N) is 7. The fraction of sp³-hybridized carbons (Fsp3) is 0.594. The molecule has 0 unspecified atom stereocenters. The Morgan fingerprint density at radius 1 is 0.552 bits per heavy atom.